The van der Waals surface area contributed by atoms with Gasteiger partial charge in [-0.3, -0.25) is 0 Å². The molecule has 1 aliphatic rings. The van der Waals surface area contributed by atoms with E-state index in [-0.39, 0.29) is 0 Å². The second-order valence-corrected chi connectivity index (χ2v) is 4.31. The first-order valence-electron chi connectivity index (χ1n) is 4.59. The summed E-state index contributed by atoms with van der Waals surface area (Å²) in [5.74, 6) is 1.78. The van der Waals surface area contributed by atoms with Crippen molar-refractivity contribution < 1.29 is 4.74 Å². The number of hydrogen-bond donors (Lipinski definition) is 2. The average molecular weight is 232 g/mol. The maximum absolute atomic E-state index is 5.29. The number of benzene rings is 2. The van der Waals surface area contributed by atoms with E-state index >= 15 is 0 Å². The predicted molar refractivity (Wildman–Crippen MR) is 66.5 cm³/mol. The van der Waals surface area contributed by atoms with Crippen LogP contribution in [0.25, 0.3) is 11.1 Å². The van der Waals surface area contributed by atoms with E-state index in [1.807, 2.05) is 24.3 Å². The van der Waals surface area contributed by atoms with Crippen LogP contribution in [0.15, 0.2) is 46.2 Å². The van der Waals surface area contributed by atoms with Gasteiger partial charge in [-0.15, -0.1) is 25.3 Å². The molecule has 1 heterocycles. The predicted octanol–water partition coefficient (Wildman–Crippen LogP) is 4.04. The summed E-state index contributed by atoms with van der Waals surface area (Å²) in [6.45, 7) is 0. The summed E-state index contributed by atoms with van der Waals surface area (Å²) in [6.07, 6.45) is 0. The van der Waals surface area contributed by atoms with Crippen LogP contribution in [0.5, 0.6) is 11.5 Å². The number of fused-ring (bicyclic) bond motifs is 1. The fraction of sp³-hybridized carbons (Fsp3) is 0. The van der Waals surface area contributed by atoms with Gasteiger partial charge in [-0.05, 0) is 11.6 Å². The van der Waals surface area contributed by atoms with Crippen LogP contribution in [0, 0.1) is 0 Å². The minimum absolute atomic E-state index is 0.828. The van der Waals surface area contributed by atoms with E-state index < -0.39 is 0 Å². The molecule has 3 heteroatoms. The zero-order chi connectivity index (χ0) is 10.4. The molecular weight excluding hydrogens is 224 g/mol. The Morgan fingerprint density at radius 2 is 1.67 bits per heavy atom. The molecule has 15 heavy (non-hydrogen) atoms. The molecule has 2 aromatic rings. The summed E-state index contributed by atoms with van der Waals surface area (Å²) in [5.41, 5.74) is 2.20. The van der Waals surface area contributed by atoms with Crippen molar-refractivity contribution in [2.75, 3.05) is 0 Å². The van der Waals surface area contributed by atoms with E-state index in [0.29, 0.717) is 0 Å². The normalized spacial score (nSPS) is 11.9. The largest absolute Gasteiger partial charge is 0.448 e. The zero-order valence-electron chi connectivity index (χ0n) is 7.77. The molecule has 0 fully saturated rings. The third-order valence-electron chi connectivity index (χ3n) is 2.45. The van der Waals surface area contributed by atoms with Gasteiger partial charge in [0.1, 0.15) is 0 Å². The molecule has 2 aromatic carbocycles. The van der Waals surface area contributed by atoms with Gasteiger partial charge in [0.15, 0.2) is 11.5 Å². The Kier molecular flexibility index (Phi) is 1.97. The Morgan fingerprint density at radius 1 is 0.933 bits per heavy atom. The van der Waals surface area contributed by atoms with Crippen molar-refractivity contribution in [1.29, 1.82) is 0 Å². The second kappa shape index (κ2) is 3.22. The number of hydrogen-bond acceptors (Lipinski definition) is 3. The third kappa shape index (κ3) is 1.43. The van der Waals surface area contributed by atoms with Gasteiger partial charge in [0.25, 0.3) is 0 Å². The van der Waals surface area contributed by atoms with E-state index in [0.717, 1.165) is 32.4 Å². The van der Waals surface area contributed by atoms with Crippen LogP contribution in [0.1, 0.15) is 0 Å². The van der Waals surface area contributed by atoms with Gasteiger partial charge in [0.2, 0.25) is 0 Å². The van der Waals surface area contributed by atoms with Crippen molar-refractivity contribution in [3.63, 3.8) is 0 Å². The minimum atomic E-state index is 0.828. The number of rotatable bonds is 1. The van der Waals surface area contributed by atoms with Gasteiger partial charge in [-0.25, -0.2) is 0 Å². The topological polar surface area (TPSA) is 12.5 Å². The van der Waals surface area contributed by atoms with Gasteiger partial charge in [-0.1, -0.05) is 30.3 Å². The molecule has 0 N–H and O–H groups in total. The van der Waals surface area contributed by atoms with Crippen molar-refractivity contribution in [3.05, 3.63) is 36.4 Å². The highest BCUT2D eigenvalue weighted by Crippen LogP contribution is 2.54. The molecule has 0 bridgehead atoms. The van der Waals surface area contributed by atoms with Gasteiger partial charge in [-0.2, -0.15) is 0 Å². The highest BCUT2D eigenvalue weighted by Gasteiger charge is 2.27. The lowest BCUT2D eigenvalue weighted by atomic mass is 10.1. The van der Waals surface area contributed by atoms with Gasteiger partial charge in [0.05, 0.1) is 4.90 Å². The molecule has 0 unspecified atom stereocenters. The van der Waals surface area contributed by atoms with E-state index in [9.17, 15) is 0 Å². The highest BCUT2D eigenvalue weighted by atomic mass is 32.1. The Bertz CT molecular complexity index is 535. The first kappa shape index (κ1) is 9.19. The lowest BCUT2D eigenvalue weighted by Crippen LogP contribution is -1.78. The monoisotopic (exact) mass is 232 g/mol. The van der Waals surface area contributed by atoms with Crippen LogP contribution in [-0.2, 0) is 0 Å². The van der Waals surface area contributed by atoms with Crippen molar-refractivity contribution >= 4 is 25.3 Å². The smallest absolute Gasteiger partial charge is 0.184 e. The molecule has 0 atom stereocenters. The Hall–Kier alpha value is -1.06. The van der Waals surface area contributed by atoms with Crippen molar-refractivity contribution in [2.45, 2.75) is 9.79 Å². The molecule has 0 aliphatic carbocycles. The van der Waals surface area contributed by atoms with Crippen LogP contribution in [0.2, 0.25) is 0 Å². The molecule has 0 aromatic heterocycles. The van der Waals surface area contributed by atoms with Crippen molar-refractivity contribution in [2.24, 2.45) is 0 Å². The van der Waals surface area contributed by atoms with Crippen LogP contribution in [0.4, 0.5) is 0 Å². The third-order valence-corrected chi connectivity index (χ3v) is 3.52. The lowest BCUT2D eigenvalue weighted by molar-refractivity contribution is 0.640. The van der Waals surface area contributed by atoms with Gasteiger partial charge >= 0.3 is 0 Å². The van der Waals surface area contributed by atoms with Crippen LogP contribution in [0.3, 0.4) is 0 Å². The Balaban J connectivity index is 2.23. The fourth-order valence-electron chi connectivity index (χ4n) is 1.62. The quantitative estimate of drug-likeness (QED) is 0.477. The zero-order valence-corrected chi connectivity index (χ0v) is 9.56. The highest BCUT2D eigenvalue weighted by molar-refractivity contribution is 7.83. The maximum atomic E-state index is 5.29. The molecule has 3 rings (SSSR count). The van der Waals surface area contributed by atoms with Crippen molar-refractivity contribution in [1.82, 2.24) is 0 Å². The van der Waals surface area contributed by atoms with Gasteiger partial charge < -0.3 is 4.74 Å². The molecule has 0 radical (unpaired) electrons. The summed E-state index contributed by atoms with van der Waals surface area (Å²) >= 11 is 8.85. The molecule has 0 spiro atoms. The van der Waals surface area contributed by atoms with Gasteiger partial charge in [0, 0.05) is 10.5 Å². The standard InChI is InChI=1S/C12H8OS2/c14-11-8(7-4-2-1-3-5-7)6-9-10(13-9)12(11)15/h1-6,14-15H. The van der Waals surface area contributed by atoms with E-state index in [1.165, 1.54) is 0 Å². The molecule has 74 valence electrons. The minimum Gasteiger partial charge on any atom is -0.448 e. The molecule has 0 amide bonds. The Morgan fingerprint density at radius 3 is 2.40 bits per heavy atom. The van der Waals surface area contributed by atoms with E-state index in [4.69, 9.17) is 4.74 Å². The summed E-state index contributed by atoms with van der Waals surface area (Å²) in [5, 5.41) is 0. The molecule has 1 nitrogen and oxygen atoms in total. The molecule has 0 saturated carbocycles. The molecule has 0 saturated heterocycles. The summed E-state index contributed by atoms with van der Waals surface area (Å²) in [7, 11) is 0. The fourth-order valence-corrected chi connectivity index (χ4v) is 2.19. The Labute approximate surface area is 98.9 Å². The second-order valence-electron chi connectivity index (χ2n) is 3.42. The van der Waals surface area contributed by atoms with E-state index in [1.54, 1.807) is 0 Å². The number of thiol groups is 2. The molecular formula is C12H8OS2. The first-order chi connectivity index (χ1) is 7.27. The average Bonchev–Trinajstić information content (AvgIpc) is 3.04. The SMILES string of the molecule is Sc1c(-c2ccccc2)cc2c(c1S)O2. The molecule has 1 aliphatic heterocycles. The number of ether oxygens (including phenoxy) is 1. The van der Waals surface area contributed by atoms with E-state index in [2.05, 4.69) is 37.4 Å². The first-order valence-corrected chi connectivity index (χ1v) is 5.49. The van der Waals surface area contributed by atoms with Crippen LogP contribution in [-0.4, -0.2) is 0 Å². The lowest BCUT2D eigenvalue weighted by Gasteiger charge is -2.04. The van der Waals surface area contributed by atoms with Crippen LogP contribution >= 0.6 is 25.3 Å². The summed E-state index contributed by atoms with van der Waals surface area (Å²) < 4.78 is 5.29. The summed E-state index contributed by atoms with van der Waals surface area (Å²) in [4.78, 5) is 1.70. The van der Waals surface area contributed by atoms with Crippen LogP contribution < -0.4 is 4.74 Å². The van der Waals surface area contributed by atoms with Crippen molar-refractivity contribution in [3.8, 4) is 22.6 Å². The maximum Gasteiger partial charge on any atom is 0.184 e. The summed E-state index contributed by atoms with van der Waals surface area (Å²) in [6, 6.07) is 12.1.